The summed E-state index contributed by atoms with van der Waals surface area (Å²) in [6, 6.07) is 13.9. The number of sulfonamides is 1. The fourth-order valence-electron chi connectivity index (χ4n) is 3.11. The van der Waals surface area contributed by atoms with Crippen LogP contribution in [0, 0.1) is 5.92 Å². The van der Waals surface area contributed by atoms with Gasteiger partial charge in [-0.3, -0.25) is 14.3 Å². The lowest BCUT2D eigenvalue weighted by Crippen LogP contribution is -2.33. The molecule has 1 aliphatic carbocycles. The highest BCUT2D eigenvalue weighted by atomic mass is 32.2. The van der Waals surface area contributed by atoms with Crippen LogP contribution in [-0.2, 0) is 14.8 Å². The van der Waals surface area contributed by atoms with Crippen LogP contribution in [0.1, 0.15) is 29.6 Å². The summed E-state index contributed by atoms with van der Waals surface area (Å²) in [5, 5.41) is 11.9. The Hall–Kier alpha value is -2.87. The monoisotopic (exact) mass is 388 g/mol. The molecule has 2 atom stereocenters. The quantitative estimate of drug-likeness (QED) is 0.704. The number of hydrogen-bond donors (Lipinski definition) is 3. The van der Waals surface area contributed by atoms with Crippen molar-refractivity contribution < 1.29 is 23.1 Å². The second-order valence-corrected chi connectivity index (χ2v) is 8.20. The number of anilines is 1. The molecule has 0 bridgehead atoms. The van der Waals surface area contributed by atoms with Crippen LogP contribution in [0.4, 0.5) is 5.69 Å². The molecular weight excluding hydrogens is 368 g/mol. The van der Waals surface area contributed by atoms with E-state index in [9.17, 15) is 18.0 Å². The van der Waals surface area contributed by atoms with Crippen LogP contribution in [0.3, 0.4) is 0 Å². The molecule has 3 N–H and O–H groups in total. The van der Waals surface area contributed by atoms with E-state index < -0.39 is 21.9 Å². The maximum absolute atomic E-state index is 12.3. The Morgan fingerprint density at radius 3 is 2.22 bits per heavy atom. The standard InChI is InChI=1S/C19H20N2O5S/c22-18(20-16-11-8-14(12-16)19(23)24)13-6-9-15(10-7-13)21-27(25,26)17-4-2-1-3-5-17/h1-7,9-10,14,16,21H,8,11-12H2,(H,20,22)(H,23,24)/t14-,16+/m1/s1. The van der Waals surface area contributed by atoms with E-state index in [0.717, 1.165) is 0 Å². The van der Waals surface area contributed by atoms with Gasteiger partial charge in [0.05, 0.1) is 10.8 Å². The van der Waals surface area contributed by atoms with Crippen molar-refractivity contribution in [3.8, 4) is 0 Å². The summed E-state index contributed by atoms with van der Waals surface area (Å²) in [4.78, 5) is 23.4. The number of carboxylic acid groups (broad SMARTS) is 1. The third-order valence-corrected chi connectivity index (χ3v) is 5.97. The zero-order chi connectivity index (χ0) is 19.4. The van der Waals surface area contributed by atoms with E-state index in [2.05, 4.69) is 10.0 Å². The van der Waals surface area contributed by atoms with E-state index in [4.69, 9.17) is 5.11 Å². The Bertz CT molecular complexity index is 926. The van der Waals surface area contributed by atoms with Crippen LogP contribution in [0.15, 0.2) is 59.5 Å². The van der Waals surface area contributed by atoms with Gasteiger partial charge in [0.2, 0.25) is 0 Å². The fraction of sp³-hybridized carbons (Fsp3) is 0.263. The van der Waals surface area contributed by atoms with Gasteiger partial charge in [0.15, 0.2) is 0 Å². The Morgan fingerprint density at radius 1 is 0.963 bits per heavy atom. The van der Waals surface area contributed by atoms with Gasteiger partial charge in [-0.05, 0) is 55.7 Å². The van der Waals surface area contributed by atoms with Gasteiger partial charge >= 0.3 is 5.97 Å². The van der Waals surface area contributed by atoms with Crippen molar-refractivity contribution in [2.24, 2.45) is 5.92 Å². The molecule has 3 rings (SSSR count). The van der Waals surface area contributed by atoms with Gasteiger partial charge in [-0.2, -0.15) is 0 Å². The Morgan fingerprint density at radius 2 is 1.63 bits per heavy atom. The van der Waals surface area contributed by atoms with Gasteiger partial charge in [0, 0.05) is 17.3 Å². The molecule has 0 radical (unpaired) electrons. The molecule has 8 heteroatoms. The molecule has 7 nitrogen and oxygen atoms in total. The average Bonchev–Trinajstić information content (AvgIpc) is 3.11. The lowest BCUT2D eigenvalue weighted by Gasteiger charge is -2.13. The van der Waals surface area contributed by atoms with Crippen molar-refractivity contribution in [2.75, 3.05) is 4.72 Å². The topological polar surface area (TPSA) is 113 Å². The summed E-state index contributed by atoms with van der Waals surface area (Å²) in [7, 11) is -3.69. The number of nitrogens with one attached hydrogen (secondary N) is 2. The van der Waals surface area contributed by atoms with E-state index in [1.165, 1.54) is 36.4 Å². The van der Waals surface area contributed by atoms with Crippen LogP contribution in [-0.4, -0.2) is 31.4 Å². The highest BCUT2D eigenvalue weighted by Gasteiger charge is 2.30. The maximum atomic E-state index is 12.3. The first-order valence-electron chi connectivity index (χ1n) is 8.57. The molecule has 0 heterocycles. The van der Waals surface area contributed by atoms with Crippen LogP contribution >= 0.6 is 0 Å². The van der Waals surface area contributed by atoms with Crippen LogP contribution < -0.4 is 10.0 Å². The average molecular weight is 388 g/mol. The fourth-order valence-corrected chi connectivity index (χ4v) is 4.19. The third-order valence-electron chi connectivity index (χ3n) is 4.57. The van der Waals surface area contributed by atoms with Crippen molar-refractivity contribution in [3.63, 3.8) is 0 Å². The number of amides is 1. The van der Waals surface area contributed by atoms with Crippen molar-refractivity contribution in [1.29, 1.82) is 0 Å². The zero-order valence-electron chi connectivity index (χ0n) is 14.5. The molecular formula is C19H20N2O5S. The molecule has 0 aliphatic heterocycles. The molecule has 0 saturated heterocycles. The summed E-state index contributed by atoms with van der Waals surface area (Å²) in [5.74, 6) is -1.55. The molecule has 27 heavy (non-hydrogen) atoms. The lowest BCUT2D eigenvalue weighted by molar-refractivity contribution is -0.141. The first-order chi connectivity index (χ1) is 12.8. The minimum absolute atomic E-state index is 0.154. The lowest BCUT2D eigenvalue weighted by atomic mass is 10.1. The largest absolute Gasteiger partial charge is 0.481 e. The van der Waals surface area contributed by atoms with Crippen LogP contribution in [0.5, 0.6) is 0 Å². The number of carboxylic acids is 1. The minimum atomic E-state index is -3.69. The third kappa shape index (κ3) is 4.65. The SMILES string of the molecule is O=C(N[C@H]1CC[C@@H](C(=O)O)C1)c1ccc(NS(=O)(=O)c2ccccc2)cc1. The summed E-state index contributed by atoms with van der Waals surface area (Å²) in [5.41, 5.74) is 0.735. The van der Waals surface area contributed by atoms with E-state index in [0.29, 0.717) is 30.5 Å². The summed E-state index contributed by atoms with van der Waals surface area (Å²) in [6.07, 6.45) is 1.62. The number of benzene rings is 2. The van der Waals surface area contributed by atoms with E-state index in [1.54, 1.807) is 18.2 Å². The molecule has 2 aromatic rings. The van der Waals surface area contributed by atoms with Crippen molar-refractivity contribution >= 4 is 27.6 Å². The zero-order valence-corrected chi connectivity index (χ0v) is 15.3. The van der Waals surface area contributed by atoms with E-state index in [1.807, 2.05) is 0 Å². The van der Waals surface area contributed by atoms with Crippen molar-refractivity contribution in [3.05, 3.63) is 60.2 Å². The van der Waals surface area contributed by atoms with Crippen LogP contribution in [0.25, 0.3) is 0 Å². The van der Waals surface area contributed by atoms with Gasteiger partial charge in [0.1, 0.15) is 0 Å². The number of carbonyl (C=O) groups excluding carboxylic acids is 1. The second kappa shape index (κ2) is 7.79. The van der Waals surface area contributed by atoms with Gasteiger partial charge in [-0.25, -0.2) is 8.42 Å². The Balaban J connectivity index is 1.62. The molecule has 2 aromatic carbocycles. The molecule has 142 valence electrons. The number of hydrogen-bond acceptors (Lipinski definition) is 4. The summed E-state index contributed by atoms with van der Waals surface area (Å²) < 4.78 is 27.1. The number of carbonyl (C=O) groups is 2. The smallest absolute Gasteiger partial charge is 0.306 e. The van der Waals surface area contributed by atoms with E-state index in [-0.39, 0.29) is 16.8 Å². The predicted octanol–water partition coefficient (Wildman–Crippen LogP) is 2.47. The number of aliphatic carboxylic acids is 1. The molecule has 1 saturated carbocycles. The highest BCUT2D eigenvalue weighted by Crippen LogP contribution is 2.26. The Kier molecular flexibility index (Phi) is 5.46. The molecule has 1 aliphatic rings. The highest BCUT2D eigenvalue weighted by molar-refractivity contribution is 7.92. The Labute approximate surface area is 157 Å². The molecule has 0 unspecified atom stereocenters. The first kappa shape index (κ1) is 18.9. The van der Waals surface area contributed by atoms with Crippen LogP contribution in [0.2, 0.25) is 0 Å². The summed E-state index contributed by atoms with van der Waals surface area (Å²) in [6.45, 7) is 0. The molecule has 0 aromatic heterocycles. The molecule has 1 amide bonds. The minimum Gasteiger partial charge on any atom is -0.481 e. The predicted molar refractivity (Wildman–Crippen MR) is 99.9 cm³/mol. The second-order valence-electron chi connectivity index (χ2n) is 6.51. The molecule has 0 spiro atoms. The van der Waals surface area contributed by atoms with Crippen molar-refractivity contribution in [1.82, 2.24) is 5.32 Å². The van der Waals surface area contributed by atoms with E-state index >= 15 is 0 Å². The van der Waals surface area contributed by atoms with Gasteiger partial charge in [-0.1, -0.05) is 18.2 Å². The van der Waals surface area contributed by atoms with Crippen molar-refractivity contribution in [2.45, 2.75) is 30.2 Å². The first-order valence-corrected chi connectivity index (χ1v) is 10.0. The van der Waals surface area contributed by atoms with Gasteiger partial charge in [0.25, 0.3) is 15.9 Å². The summed E-state index contributed by atoms with van der Waals surface area (Å²) >= 11 is 0. The van der Waals surface area contributed by atoms with Gasteiger partial charge < -0.3 is 10.4 Å². The maximum Gasteiger partial charge on any atom is 0.306 e. The normalized spacial score (nSPS) is 19.4. The van der Waals surface area contributed by atoms with Gasteiger partial charge in [-0.15, -0.1) is 0 Å². The molecule has 1 fully saturated rings. The number of rotatable bonds is 6.